The highest BCUT2D eigenvalue weighted by molar-refractivity contribution is 6.30. The van der Waals surface area contributed by atoms with E-state index in [4.69, 9.17) is 16.7 Å². The molecule has 5 heteroatoms. The van der Waals surface area contributed by atoms with E-state index in [-0.39, 0.29) is 12.5 Å². The van der Waals surface area contributed by atoms with Crippen LogP contribution in [-0.4, -0.2) is 40.6 Å². The molecule has 0 bridgehead atoms. The van der Waals surface area contributed by atoms with Crippen molar-refractivity contribution in [3.63, 3.8) is 0 Å². The quantitative estimate of drug-likeness (QED) is 0.842. The van der Waals surface area contributed by atoms with Crippen molar-refractivity contribution in [3.05, 3.63) is 29.0 Å². The largest absolute Gasteiger partial charge is 0.395 e. The standard InChI is InChI=1S/C10H13ClN2O2/c1-2-13(5-6-14)10(15)9-4-3-8(11)7-12-9/h3-4,7,14H,2,5-6H2,1H3. The molecule has 0 aromatic carbocycles. The number of halogens is 1. The first-order valence-electron chi connectivity index (χ1n) is 4.70. The number of hydrogen-bond acceptors (Lipinski definition) is 3. The minimum Gasteiger partial charge on any atom is -0.395 e. The third-order valence-corrected chi connectivity index (χ3v) is 2.21. The van der Waals surface area contributed by atoms with Gasteiger partial charge in [-0.05, 0) is 19.1 Å². The zero-order valence-electron chi connectivity index (χ0n) is 8.48. The predicted molar refractivity (Wildman–Crippen MR) is 57.9 cm³/mol. The number of aliphatic hydroxyl groups excluding tert-OH is 1. The van der Waals surface area contributed by atoms with Crippen LogP contribution in [-0.2, 0) is 0 Å². The maximum atomic E-state index is 11.8. The van der Waals surface area contributed by atoms with Crippen molar-refractivity contribution >= 4 is 17.5 Å². The summed E-state index contributed by atoms with van der Waals surface area (Å²) in [5, 5.41) is 9.27. The lowest BCUT2D eigenvalue weighted by molar-refractivity contribution is 0.0726. The van der Waals surface area contributed by atoms with E-state index >= 15 is 0 Å². The van der Waals surface area contributed by atoms with Crippen LogP contribution in [0.2, 0.25) is 5.02 Å². The van der Waals surface area contributed by atoms with Crippen molar-refractivity contribution in [2.75, 3.05) is 19.7 Å². The van der Waals surface area contributed by atoms with E-state index < -0.39 is 0 Å². The molecule has 1 N–H and O–H groups in total. The molecule has 82 valence electrons. The fraction of sp³-hybridized carbons (Fsp3) is 0.400. The summed E-state index contributed by atoms with van der Waals surface area (Å²) in [6, 6.07) is 3.19. The average molecular weight is 229 g/mol. The molecule has 0 saturated heterocycles. The number of amides is 1. The Morgan fingerprint density at radius 3 is 2.80 bits per heavy atom. The highest BCUT2D eigenvalue weighted by Gasteiger charge is 2.14. The molecule has 4 nitrogen and oxygen atoms in total. The van der Waals surface area contributed by atoms with Crippen molar-refractivity contribution in [1.29, 1.82) is 0 Å². The number of carbonyl (C=O) groups excluding carboxylic acids is 1. The van der Waals surface area contributed by atoms with E-state index in [9.17, 15) is 4.79 Å². The molecular weight excluding hydrogens is 216 g/mol. The summed E-state index contributed by atoms with van der Waals surface area (Å²) in [7, 11) is 0. The highest BCUT2D eigenvalue weighted by atomic mass is 35.5. The van der Waals surface area contributed by atoms with Crippen molar-refractivity contribution < 1.29 is 9.90 Å². The van der Waals surface area contributed by atoms with Gasteiger partial charge in [-0.15, -0.1) is 0 Å². The third-order valence-electron chi connectivity index (χ3n) is 1.99. The van der Waals surface area contributed by atoms with E-state index in [1.54, 1.807) is 12.1 Å². The Labute approximate surface area is 93.5 Å². The zero-order valence-corrected chi connectivity index (χ0v) is 9.24. The number of aromatic nitrogens is 1. The Balaban J connectivity index is 2.78. The summed E-state index contributed by atoms with van der Waals surface area (Å²) in [6.45, 7) is 2.67. The molecule has 0 aliphatic rings. The number of nitrogens with zero attached hydrogens (tertiary/aromatic N) is 2. The minimum absolute atomic E-state index is 0.0484. The molecule has 1 rings (SSSR count). The molecule has 0 saturated carbocycles. The van der Waals surface area contributed by atoms with Crippen LogP contribution in [0.5, 0.6) is 0 Å². The number of rotatable bonds is 4. The van der Waals surface area contributed by atoms with Gasteiger partial charge < -0.3 is 10.0 Å². The number of hydrogen-bond donors (Lipinski definition) is 1. The average Bonchev–Trinajstić information content (AvgIpc) is 2.26. The van der Waals surface area contributed by atoms with Crippen LogP contribution in [0.3, 0.4) is 0 Å². The van der Waals surface area contributed by atoms with Crippen molar-refractivity contribution in [3.8, 4) is 0 Å². The molecule has 0 unspecified atom stereocenters. The molecular formula is C10H13ClN2O2. The van der Waals surface area contributed by atoms with Crippen LogP contribution in [0.4, 0.5) is 0 Å². The molecule has 0 spiro atoms. The molecule has 1 heterocycles. The van der Waals surface area contributed by atoms with Crippen LogP contribution in [0.25, 0.3) is 0 Å². The Morgan fingerprint density at radius 1 is 1.60 bits per heavy atom. The molecule has 0 aliphatic carbocycles. The van der Waals surface area contributed by atoms with Gasteiger partial charge in [0.15, 0.2) is 0 Å². The van der Waals surface area contributed by atoms with Crippen LogP contribution in [0.15, 0.2) is 18.3 Å². The molecule has 1 aromatic rings. The second kappa shape index (κ2) is 5.68. The molecule has 1 aromatic heterocycles. The Bertz CT molecular complexity index is 327. The van der Waals surface area contributed by atoms with Gasteiger partial charge in [-0.1, -0.05) is 11.6 Å². The van der Waals surface area contributed by atoms with Gasteiger partial charge in [-0.3, -0.25) is 4.79 Å². The van der Waals surface area contributed by atoms with Gasteiger partial charge in [-0.2, -0.15) is 0 Å². The monoisotopic (exact) mass is 228 g/mol. The summed E-state index contributed by atoms with van der Waals surface area (Å²) in [4.78, 5) is 17.2. The number of likely N-dealkylation sites (N-methyl/N-ethyl adjacent to an activating group) is 1. The number of carbonyl (C=O) groups is 1. The topological polar surface area (TPSA) is 53.4 Å². The summed E-state index contributed by atoms with van der Waals surface area (Å²) in [5.74, 6) is -0.191. The van der Waals surface area contributed by atoms with E-state index in [1.165, 1.54) is 11.1 Å². The van der Waals surface area contributed by atoms with Gasteiger partial charge in [0.25, 0.3) is 5.91 Å². The lowest BCUT2D eigenvalue weighted by atomic mass is 10.3. The minimum atomic E-state index is -0.191. The van der Waals surface area contributed by atoms with Gasteiger partial charge in [0.1, 0.15) is 5.69 Å². The van der Waals surface area contributed by atoms with E-state index in [0.717, 1.165) is 0 Å². The van der Waals surface area contributed by atoms with Crippen LogP contribution >= 0.6 is 11.6 Å². The summed E-state index contributed by atoms with van der Waals surface area (Å²) in [6.07, 6.45) is 1.43. The van der Waals surface area contributed by atoms with Crippen LogP contribution < -0.4 is 0 Å². The second-order valence-electron chi connectivity index (χ2n) is 2.97. The van der Waals surface area contributed by atoms with Gasteiger partial charge in [-0.25, -0.2) is 4.98 Å². The Morgan fingerprint density at radius 2 is 2.33 bits per heavy atom. The van der Waals surface area contributed by atoms with Gasteiger partial charge >= 0.3 is 0 Å². The molecule has 0 aliphatic heterocycles. The van der Waals surface area contributed by atoms with Crippen molar-refractivity contribution in [2.24, 2.45) is 0 Å². The van der Waals surface area contributed by atoms with Gasteiger partial charge in [0.2, 0.25) is 0 Å². The second-order valence-corrected chi connectivity index (χ2v) is 3.41. The smallest absolute Gasteiger partial charge is 0.272 e. The van der Waals surface area contributed by atoms with Crippen molar-refractivity contribution in [1.82, 2.24) is 9.88 Å². The maximum Gasteiger partial charge on any atom is 0.272 e. The molecule has 0 atom stereocenters. The lowest BCUT2D eigenvalue weighted by Crippen LogP contribution is -2.33. The van der Waals surface area contributed by atoms with E-state index in [1.807, 2.05) is 6.92 Å². The summed E-state index contributed by atoms with van der Waals surface area (Å²) in [5.41, 5.74) is 0.342. The lowest BCUT2D eigenvalue weighted by Gasteiger charge is -2.18. The molecule has 0 fully saturated rings. The summed E-state index contributed by atoms with van der Waals surface area (Å²) < 4.78 is 0. The third kappa shape index (κ3) is 3.18. The molecule has 1 amide bonds. The molecule has 15 heavy (non-hydrogen) atoms. The van der Waals surface area contributed by atoms with E-state index in [2.05, 4.69) is 4.98 Å². The zero-order chi connectivity index (χ0) is 11.3. The fourth-order valence-electron chi connectivity index (χ4n) is 1.19. The normalized spacial score (nSPS) is 10.1. The first-order chi connectivity index (χ1) is 7.19. The Kier molecular flexibility index (Phi) is 4.52. The number of pyridine rings is 1. The fourth-order valence-corrected chi connectivity index (χ4v) is 1.30. The number of aliphatic hydroxyl groups is 1. The predicted octanol–water partition coefficient (Wildman–Crippen LogP) is 1.19. The van der Waals surface area contributed by atoms with E-state index in [0.29, 0.717) is 23.8 Å². The molecule has 0 radical (unpaired) electrons. The highest BCUT2D eigenvalue weighted by Crippen LogP contribution is 2.08. The maximum absolute atomic E-state index is 11.8. The Hall–Kier alpha value is -1.13. The van der Waals surface area contributed by atoms with Crippen LogP contribution in [0, 0.1) is 0 Å². The first-order valence-corrected chi connectivity index (χ1v) is 5.08. The SMILES string of the molecule is CCN(CCO)C(=O)c1ccc(Cl)cn1. The van der Waals surface area contributed by atoms with Gasteiger partial charge in [0.05, 0.1) is 11.6 Å². The van der Waals surface area contributed by atoms with Crippen molar-refractivity contribution in [2.45, 2.75) is 6.92 Å². The van der Waals surface area contributed by atoms with Gasteiger partial charge in [0, 0.05) is 19.3 Å². The summed E-state index contributed by atoms with van der Waals surface area (Å²) >= 11 is 5.66. The first kappa shape index (κ1) is 11.9. The van der Waals surface area contributed by atoms with Crippen LogP contribution in [0.1, 0.15) is 17.4 Å².